The normalized spacial score (nSPS) is 12.7. The van der Waals surface area contributed by atoms with E-state index in [1.165, 1.54) is 71.1 Å². The van der Waals surface area contributed by atoms with Crippen molar-refractivity contribution < 1.29 is 23.9 Å². The number of carbonyl (C=O) groups is 3. The lowest BCUT2D eigenvalue weighted by atomic mass is 10.0. The third-order valence-electron chi connectivity index (χ3n) is 8.76. The van der Waals surface area contributed by atoms with Gasteiger partial charge in [-0.05, 0) is 130 Å². The Bertz CT molecular complexity index is 859. The summed E-state index contributed by atoms with van der Waals surface area (Å²) in [5.74, 6) is 0.0695. The van der Waals surface area contributed by atoms with Crippen molar-refractivity contribution in [2.75, 3.05) is 27.2 Å². The summed E-state index contributed by atoms with van der Waals surface area (Å²) in [6.45, 7) is 4.54. The molecular formula is C44H77NO5. The van der Waals surface area contributed by atoms with Gasteiger partial charge in [-0.15, -0.1) is 0 Å². The molecule has 1 unspecified atom stereocenters. The van der Waals surface area contributed by atoms with Crippen LogP contribution in [0.2, 0.25) is 0 Å². The minimum Gasteiger partial charge on any atom is -0.466 e. The zero-order valence-corrected chi connectivity index (χ0v) is 33.0. The van der Waals surface area contributed by atoms with Gasteiger partial charge in [0.1, 0.15) is 11.9 Å². The van der Waals surface area contributed by atoms with Gasteiger partial charge in [-0.25, -0.2) is 0 Å². The van der Waals surface area contributed by atoms with Crippen LogP contribution in [-0.4, -0.2) is 56.0 Å². The number of esters is 2. The third kappa shape index (κ3) is 40.0. The molecule has 0 aliphatic rings. The van der Waals surface area contributed by atoms with Crippen molar-refractivity contribution in [3.8, 4) is 0 Å². The van der Waals surface area contributed by atoms with Crippen LogP contribution in [0.1, 0.15) is 181 Å². The number of ether oxygens (including phenoxy) is 2. The molecule has 0 aliphatic carbocycles. The van der Waals surface area contributed by atoms with E-state index in [2.05, 4.69) is 53.5 Å². The van der Waals surface area contributed by atoms with Crippen LogP contribution in [0.25, 0.3) is 0 Å². The van der Waals surface area contributed by atoms with E-state index in [0.29, 0.717) is 25.2 Å². The number of Topliss-reactive ketones (excluding diaryl/α,β-unsaturated/α-hetero) is 1. The molecule has 0 aliphatic heterocycles. The number of carbonyl (C=O) groups excluding carboxylic acids is 3. The Kier molecular flexibility index (Phi) is 35.9. The van der Waals surface area contributed by atoms with Crippen molar-refractivity contribution in [1.29, 1.82) is 0 Å². The number of unbranched alkanes of at least 4 members (excludes halogenated alkanes) is 15. The van der Waals surface area contributed by atoms with Crippen molar-refractivity contribution in [2.45, 2.75) is 187 Å². The van der Waals surface area contributed by atoms with Gasteiger partial charge in [0.15, 0.2) is 0 Å². The van der Waals surface area contributed by atoms with Gasteiger partial charge in [-0.1, -0.05) is 100.0 Å². The minimum absolute atomic E-state index is 0.0205. The molecule has 0 heterocycles. The van der Waals surface area contributed by atoms with Gasteiger partial charge in [-0.3, -0.25) is 9.59 Å². The van der Waals surface area contributed by atoms with Crippen LogP contribution in [0.15, 0.2) is 48.6 Å². The number of nitrogens with zero attached hydrogens (tertiary/aromatic N) is 1. The second-order valence-corrected chi connectivity index (χ2v) is 14.2. The maximum Gasteiger partial charge on any atom is 0.306 e. The van der Waals surface area contributed by atoms with Crippen LogP contribution in [0.5, 0.6) is 0 Å². The predicted octanol–water partition coefficient (Wildman–Crippen LogP) is 12.0. The lowest BCUT2D eigenvalue weighted by molar-refractivity contribution is -0.150. The van der Waals surface area contributed by atoms with Crippen LogP contribution in [0.4, 0.5) is 0 Å². The molecular weight excluding hydrogens is 622 g/mol. The van der Waals surface area contributed by atoms with Crippen LogP contribution < -0.4 is 0 Å². The number of hydrogen-bond donors (Lipinski definition) is 0. The first-order valence-electron chi connectivity index (χ1n) is 20.4. The Hall–Kier alpha value is -2.47. The number of allylic oxidation sites excluding steroid dienone is 8. The Balaban J connectivity index is 4.01. The molecule has 0 saturated carbocycles. The maximum atomic E-state index is 12.5. The van der Waals surface area contributed by atoms with Crippen molar-refractivity contribution in [1.82, 2.24) is 4.90 Å². The monoisotopic (exact) mass is 700 g/mol. The van der Waals surface area contributed by atoms with E-state index < -0.39 is 0 Å². The summed E-state index contributed by atoms with van der Waals surface area (Å²) in [6, 6.07) is 0. The highest BCUT2D eigenvalue weighted by Crippen LogP contribution is 2.18. The number of rotatable bonds is 36. The van der Waals surface area contributed by atoms with E-state index in [1.807, 2.05) is 14.1 Å². The van der Waals surface area contributed by atoms with Gasteiger partial charge in [0.05, 0.1) is 6.61 Å². The van der Waals surface area contributed by atoms with Gasteiger partial charge < -0.3 is 19.2 Å². The van der Waals surface area contributed by atoms with Gasteiger partial charge in [-0.2, -0.15) is 0 Å². The molecule has 0 aromatic heterocycles. The SMILES string of the molecule is CC(=O)CCCC/C=C\C/C=C\CCCCCCCCC(CCCCCCCC/C=C\C/C=C\CCCOC(C)=O)OC(=O)CCCN(C)C. The van der Waals surface area contributed by atoms with E-state index in [-0.39, 0.29) is 18.0 Å². The van der Waals surface area contributed by atoms with E-state index in [9.17, 15) is 14.4 Å². The smallest absolute Gasteiger partial charge is 0.306 e. The van der Waals surface area contributed by atoms with E-state index in [4.69, 9.17) is 9.47 Å². The summed E-state index contributed by atoms with van der Waals surface area (Å²) in [6.07, 6.45) is 46.4. The third-order valence-corrected chi connectivity index (χ3v) is 8.76. The summed E-state index contributed by atoms with van der Waals surface area (Å²) >= 11 is 0. The Morgan fingerprint density at radius 1 is 0.520 bits per heavy atom. The van der Waals surface area contributed by atoms with E-state index in [0.717, 1.165) is 96.4 Å². The van der Waals surface area contributed by atoms with E-state index in [1.54, 1.807) is 6.92 Å². The topological polar surface area (TPSA) is 72.9 Å². The number of hydrogen-bond acceptors (Lipinski definition) is 6. The zero-order valence-electron chi connectivity index (χ0n) is 33.0. The highest BCUT2D eigenvalue weighted by atomic mass is 16.5. The van der Waals surface area contributed by atoms with Crippen LogP contribution in [0.3, 0.4) is 0 Å². The Labute approximate surface area is 308 Å². The van der Waals surface area contributed by atoms with Gasteiger partial charge >= 0.3 is 11.9 Å². The Morgan fingerprint density at radius 2 is 0.960 bits per heavy atom. The molecule has 0 spiro atoms. The molecule has 6 heteroatoms. The number of ketones is 1. The standard InChI is InChI=1S/C44H77NO5/c1-41(46)35-30-26-22-18-14-10-6-5-7-11-15-19-23-27-31-36-43(50-44(48)38-34-39-45(3)4)37-32-28-24-20-16-12-8-9-13-17-21-25-29-33-40-49-42(2)47/h5-6,9,13-14,18,21,25,43H,7-8,10-12,15-17,19-20,22-24,26-40H2,1-4H3/b6-5-,13-9-,18-14-,25-21-. The molecule has 288 valence electrons. The highest BCUT2D eigenvalue weighted by molar-refractivity contribution is 5.75. The summed E-state index contributed by atoms with van der Waals surface area (Å²) < 4.78 is 10.9. The fourth-order valence-electron chi connectivity index (χ4n) is 5.80. The first-order valence-corrected chi connectivity index (χ1v) is 20.4. The Morgan fingerprint density at radius 3 is 1.42 bits per heavy atom. The van der Waals surface area contributed by atoms with Gasteiger partial charge in [0.2, 0.25) is 0 Å². The summed E-state index contributed by atoms with van der Waals surface area (Å²) in [5, 5.41) is 0. The summed E-state index contributed by atoms with van der Waals surface area (Å²) in [5.41, 5.74) is 0. The first-order chi connectivity index (χ1) is 24.3. The van der Waals surface area contributed by atoms with Gasteiger partial charge in [0.25, 0.3) is 0 Å². The highest BCUT2D eigenvalue weighted by Gasteiger charge is 2.14. The largest absolute Gasteiger partial charge is 0.466 e. The van der Waals surface area contributed by atoms with Crippen molar-refractivity contribution in [3.63, 3.8) is 0 Å². The molecule has 0 amide bonds. The van der Waals surface area contributed by atoms with Crippen molar-refractivity contribution >= 4 is 17.7 Å². The fraction of sp³-hybridized carbons (Fsp3) is 0.750. The molecule has 1 atom stereocenters. The van der Waals surface area contributed by atoms with Crippen LogP contribution in [-0.2, 0) is 23.9 Å². The first kappa shape index (κ1) is 47.5. The molecule has 0 saturated heterocycles. The second-order valence-electron chi connectivity index (χ2n) is 14.2. The van der Waals surface area contributed by atoms with Crippen LogP contribution >= 0.6 is 0 Å². The second kappa shape index (κ2) is 37.8. The average molecular weight is 700 g/mol. The lowest BCUT2D eigenvalue weighted by Gasteiger charge is -2.18. The molecule has 0 aromatic rings. The van der Waals surface area contributed by atoms with Crippen molar-refractivity contribution in [3.05, 3.63) is 48.6 Å². The minimum atomic E-state index is -0.204. The lowest BCUT2D eigenvalue weighted by Crippen LogP contribution is -2.20. The molecule has 0 bridgehead atoms. The summed E-state index contributed by atoms with van der Waals surface area (Å²) in [7, 11) is 4.09. The predicted molar refractivity (Wildman–Crippen MR) is 212 cm³/mol. The van der Waals surface area contributed by atoms with Crippen molar-refractivity contribution in [2.24, 2.45) is 0 Å². The molecule has 6 nitrogen and oxygen atoms in total. The van der Waals surface area contributed by atoms with E-state index >= 15 is 0 Å². The van der Waals surface area contributed by atoms with Gasteiger partial charge in [0, 0.05) is 19.8 Å². The molecule has 50 heavy (non-hydrogen) atoms. The van der Waals surface area contributed by atoms with Crippen LogP contribution in [0, 0.1) is 0 Å². The molecule has 0 fully saturated rings. The maximum absolute atomic E-state index is 12.5. The zero-order chi connectivity index (χ0) is 36.8. The molecule has 0 rings (SSSR count). The summed E-state index contributed by atoms with van der Waals surface area (Å²) in [4.78, 5) is 36.4. The average Bonchev–Trinajstić information content (AvgIpc) is 3.06. The molecule has 0 aromatic carbocycles. The quantitative estimate of drug-likeness (QED) is 0.0368. The molecule has 0 radical (unpaired) electrons. The molecule has 0 N–H and O–H groups in total. The fourth-order valence-corrected chi connectivity index (χ4v) is 5.80.